The van der Waals surface area contributed by atoms with Crippen LogP contribution >= 0.6 is 34.4 Å². The second kappa shape index (κ2) is 14.9. The SMILES string of the molecule is C=C1C=C(c2ccccc2)Sc2cc3c(cc21)[B]c1c(-c2cc4c(cc2Nc2ccc(C(C)(C)C)cc2)sc2cc5c(cc24)C(C)(C)CCC5(C)C)ccc2c4cc5sc6ccccc6c5cc4n-3c12. The Labute approximate surface area is 423 Å². The summed E-state index contributed by atoms with van der Waals surface area (Å²) in [6.07, 6.45) is 4.66. The standard InChI is InChI=1S/C64H52BN2S3/c1-35-26-55(36-14-10-9-11-15-36)69-59-34-53-50(29-42(35)59)65-60-40(22-23-41-44-31-56-47(30-52(44)67(53)61(41)60)39-16-12-13-17-54(39)68-56)43-27-45-46-28-48-49(64(7,8)25-24-63(48,5)6)32-57(46)70-58(45)33-51(43)66-38-20-18-37(19-21-38)62(2,3)4/h9-23,26-34,66H,1,24-25H2,2-8H3. The van der Waals surface area contributed by atoms with Crippen LogP contribution in [-0.2, 0) is 16.2 Å². The van der Waals surface area contributed by atoms with Crippen molar-refractivity contribution in [3.8, 4) is 16.8 Å². The average molecular weight is 956 g/mol. The number of hydrogen-bond acceptors (Lipinski definition) is 4. The van der Waals surface area contributed by atoms with Gasteiger partial charge in [0.05, 0.1) is 5.52 Å². The van der Waals surface area contributed by atoms with Crippen LogP contribution in [0.15, 0.2) is 157 Å². The van der Waals surface area contributed by atoms with Crippen LogP contribution in [-0.4, -0.2) is 11.8 Å². The van der Waals surface area contributed by atoms with Crippen LogP contribution in [0.3, 0.4) is 0 Å². The Balaban J connectivity index is 1.04. The van der Waals surface area contributed by atoms with Gasteiger partial charge in [-0.15, -0.1) is 22.7 Å². The Bertz CT molecular complexity index is 4130. The molecule has 1 radical (unpaired) electrons. The van der Waals surface area contributed by atoms with E-state index in [9.17, 15) is 0 Å². The number of anilines is 2. The van der Waals surface area contributed by atoms with E-state index < -0.39 is 0 Å². The molecular weight excluding hydrogens is 904 g/mol. The van der Waals surface area contributed by atoms with Gasteiger partial charge >= 0.3 is 0 Å². The number of allylic oxidation sites excluding steroid dienone is 2. The summed E-state index contributed by atoms with van der Waals surface area (Å²) >= 11 is 5.69. The van der Waals surface area contributed by atoms with Crippen LogP contribution in [0.1, 0.15) is 89.1 Å². The maximum atomic E-state index is 4.67. The first-order valence-electron chi connectivity index (χ1n) is 24.7. The Morgan fingerprint density at radius 1 is 0.600 bits per heavy atom. The number of rotatable bonds is 4. The fourth-order valence-electron chi connectivity index (χ4n) is 11.9. The largest absolute Gasteiger partial charge is 0.355 e. The molecule has 1 N–H and O–H groups in total. The minimum Gasteiger partial charge on any atom is -0.355 e. The van der Waals surface area contributed by atoms with E-state index >= 15 is 0 Å². The van der Waals surface area contributed by atoms with E-state index in [4.69, 9.17) is 0 Å². The van der Waals surface area contributed by atoms with Crippen LogP contribution in [0, 0.1) is 0 Å². The van der Waals surface area contributed by atoms with Gasteiger partial charge in [-0.2, -0.15) is 0 Å². The smallest absolute Gasteiger partial charge is 0.197 e. The molecule has 339 valence electrons. The van der Waals surface area contributed by atoms with E-state index in [1.807, 2.05) is 34.4 Å². The molecule has 2 nitrogen and oxygen atoms in total. The lowest BCUT2D eigenvalue weighted by atomic mass is 9.58. The van der Waals surface area contributed by atoms with Crippen molar-refractivity contribution in [3.63, 3.8) is 0 Å². The molecule has 8 aromatic carbocycles. The first-order chi connectivity index (χ1) is 33.7. The van der Waals surface area contributed by atoms with Gasteiger partial charge in [0.25, 0.3) is 0 Å². The molecular formula is C64H52BN2S3. The molecule has 0 saturated carbocycles. The van der Waals surface area contributed by atoms with E-state index in [0.29, 0.717) is 0 Å². The van der Waals surface area contributed by atoms with Gasteiger partial charge in [0.15, 0.2) is 7.28 Å². The number of hydrogen-bond donors (Lipinski definition) is 1. The number of benzene rings is 8. The third kappa shape index (κ3) is 6.38. The summed E-state index contributed by atoms with van der Waals surface area (Å²) in [4.78, 5) is 2.47. The van der Waals surface area contributed by atoms with Crippen molar-refractivity contribution in [2.24, 2.45) is 0 Å². The van der Waals surface area contributed by atoms with E-state index in [2.05, 4.69) is 218 Å². The highest BCUT2D eigenvalue weighted by Crippen LogP contribution is 2.51. The zero-order valence-electron chi connectivity index (χ0n) is 40.7. The van der Waals surface area contributed by atoms with Crippen molar-refractivity contribution < 1.29 is 0 Å². The molecule has 11 aromatic rings. The normalized spacial score (nSPS) is 15.9. The number of nitrogens with one attached hydrogen (secondary N) is 1. The minimum atomic E-state index is 0.0671. The van der Waals surface area contributed by atoms with Crippen molar-refractivity contribution in [3.05, 3.63) is 180 Å². The summed E-state index contributed by atoms with van der Waals surface area (Å²) in [5.41, 5.74) is 18.9. The molecule has 3 aromatic heterocycles. The predicted molar refractivity (Wildman–Crippen MR) is 310 cm³/mol. The molecule has 0 spiro atoms. The lowest BCUT2D eigenvalue weighted by molar-refractivity contribution is 0.332. The van der Waals surface area contributed by atoms with Gasteiger partial charge in [0, 0.05) is 89.1 Å². The number of nitrogens with zero attached hydrogens (tertiary/aromatic N) is 1. The molecule has 5 heterocycles. The van der Waals surface area contributed by atoms with Crippen LogP contribution in [0.5, 0.6) is 0 Å². The zero-order valence-corrected chi connectivity index (χ0v) is 43.2. The molecule has 70 heavy (non-hydrogen) atoms. The number of thioether (sulfide) groups is 1. The number of thiophene rings is 2. The minimum absolute atomic E-state index is 0.0671. The summed E-state index contributed by atoms with van der Waals surface area (Å²) in [6, 6.07) is 53.4. The first kappa shape index (κ1) is 42.6. The van der Waals surface area contributed by atoms with Gasteiger partial charge in [-0.05, 0) is 140 Å². The first-order valence-corrected chi connectivity index (χ1v) is 27.1. The van der Waals surface area contributed by atoms with Gasteiger partial charge < -0.3 is 9.88 Å². The Kier molecular flexibility index (Phi) is 9.04. The highest BCUT2D eigenvalue weighted by atomic mass is 32.2. The monoisotopic (exact) mass is 955 g/mol. The average Bonchev–Trinajstić information content (AvgIpc) is 4.00. The summed E-state index contributed by atoms with van der Waals surface area (Å²) in [7, 11) is 2.48. The molecule has 14 rings (SSSR count). The van der Waals surface area contributed by atoms with E-state index in [-0.39, 0.29) is 16.2 Å². The Morgan fingerprint density at radius 3 is 2.07 bits per heavy atom. The molecule has 6 heteroatoms. The van der Waals surface area contributed by atoms with Crippen LogP contribution < -0.4 is 16.2 Å². The van der Waals surface area contributed by atoms with Gasteiger partial charge in [-0.1, -0.05) is 151 Å². The van der Waals surface area contributed by atoms with Crippen molar-refractivity contribution in [1.29, 1.82) is 0 Å². The quantitative estimate of drug-likeness (QED) is 0.177. The fourth-order valence-corrected chi connectivity index (χ4v) is 15.3. The van der Waals surface area contributed by atoms with Gasteiger partial charge in [0.2, 0.25) is 0 Å². The van der Waals surface area contributed by atoms with Crippen molar-refractivity contribution in [2.45, 2.75) is 82.4 Å². The van der Waals surface area contributed by atoms with Crippen molar-refractivity contribution >= 4 is 137 Å². The molecule has 0 amide bonds. The second-order valence-electron chi connectivity index (χ2n) is 22.4. The highest BCUT2D eigenvalue weighted by Gasteiger charge is 2.38. The predicted octanol–water partition coefficient (Wildman–Crippen LogP) is 17.7. The topological polar surface area (TPSA) is 17.0 Å². The molecule has 0 bridgehead atoms. The lowest BCUT2D eigenvalue weighted by Crippen LogP contribution is -2.37. The number of aromatic nitrogens is 1. The molecule has 0 fully saturated rings. The highest BCUT2D eigenvalue weighted by molar-refractivity contribution is 8.08. The Hall–Kier alpha value is -6.31. The van der Waals surface area contributed by atoms with E-state index in [1.54, 1.807) is 0 Å². The summed E-state index contributed by atoms with van der Waals surface area (Å²) in [5, 5.41) is 11.9. The molecule has 3 aliphatic rings. The Morgan fingerprint density at radius 2 is 1.29 bits per heavy atom. The molecule has 0 saturated heterocycles. The van der Waals surface area contributed by atoms with E-state index in [0.717, 1.165) is 16.9 Å². The summed E-state index contributed by atoms with van der Waals surface area (Å²) in [5.74, 6) is 0. The van der Waals surface area contributed by atoms with E-state index in [1.165, 1.54) is 140 Å². The molecule has 0 unspecified atom stereocenters. The molecule has 2 aliphatic heterocycles. The fraction of sp³-hybridized carbons (Fsp3) is 0.188. The summed E-state index contributed by atoms with van der Waals surface area (Å²) < 4.78 is 7.92. The third-order valence-electron chi connectivity index (χ3n) is 16.0. The summed E-state index contributed by atoms with van der Waals surface area (Å²) in [6.45, 7) is 21.3. The second-order valence-corrected chi connectivity index (χ2v) is 25.6. The zero-order chi connectivity index (χ0) is 47.6. The maximum Gasteiger partial charge on any atom is 0.197 e. The van der Waals surface area contributed by atoms with Crippen molar-refractivity contribution in [1.82, 2.24) is 4.57 Å². The molecule has 0 atom stereocenters. The number of fused-ring (bicyclic) bond motifs is 13. The van der Waals surface area contributed by atoms with Crippen LogP contribution in [0.25, 0.3) is 89.4 Å². The maximum absolute atomic E-state index is 4.67. The van der Waals surface area contributed by atoms with Crippen LogP contribution in [0.4, 0.5) is 11.4 Å². The third-order valence-corrected chi connectivity index (χ3v) is 19.3. The van der Waals surface area contributed by atoms with Crippen molar-refractivity contribution in [2.75, 3.05) is 5.32 Å². The van der Waals surface area contributed by atoms with Gasteiger partial charge in [-0.25, -0.2) is 0 Å². The van der Waals surface area contributed by atoms with Gasteiger partial charge in [0.1, 0.15) is 0 Å². The molecule has 1 aliphatic carbocycles. The van der Waals surface area contributed by atoms with Crippen LogP contribution in [0.2, 0.25) is 0 Å². The van der Waals surface area contributed by atoms with Gasteiger partial charge in [-0.3, -0.25) is 0 Å². The lowest BCUT2D eigenvalue weighted by Gasteiger charge is -2.41.